The van der Waals surface area contributed by atoms with Gasteiger partial charge in [0.2, 0.25) is 0 Å². The molecule has 1 N–H and O–H groups in total. The summed E-state index contributed by atoms with van der Waals surface area (Å²) in [7, 11) is 5.88. The molecule has 0 aliphatic carbocycles. The Bertz CT molecular complexity index is 356. The number of hydrogen-bond acceptors (Lipinski definition) is 3. The van der Waals surface area contributed by atoms with Crippen LogP contribution in [0.25, 0.3) is 0 Å². The van der Waals surface area contributed by atoms with E-state index in [1.807, 2.05) is 21.1 Å². The van der Waals surface area contributed by atoms with E-state index in [0.717, 1.165) is 19.3 Å². The normalized spacial score (nSPS) is 12.3. The Balaban J connectivity index is 0. The molecule has 0 rings (SSSR count). The molecule has 0 aliphatic rings. The standard InChI is InChI=1S/C19H37NO4.ClH/c1-5-6-7-8-9-10-11-12-13-14-19(23)24-17(15-18(21)22)16-20(2,3)4;/h17H,5-16H2,1-4H3;1H/p+1/t17-;/m1./s1. The number of ether oxygens (including phenoxy) is 1. The van der Waals surface area contributed by atoms with E-state index in [9.17, 15) is 9.59 Å². The van der Waals surface area contributed by atoms with Crippen LogP contribution in [-0.2, 0) is 14.3 Å². The molecule has 0 fully saturated rings. The molecule has 0 heterocycles. The minimum Gasteiger partial charge on any atom is -0.481 e. The first-order valence-corrected chi connectivity index (χ1v) is 9.46. The summed E-state index contributed by atoms with van der Waals surface area (Å²) in [5.74, 6) is -1.19. The summed E-state index contributed by atoms with van der Waals surface area (Å²) in [5, 5.41) is 8.95. The van der Waals surface area contributed by atoms with Gasteiger partial charge < -0.3 is 14.3 Å². The molecule has 5 nitrogen and oxygen atoms in total. The van der Waals surface area contributed by atoms with Gasteiger partial charge in [0.25, 0.3) is 0 Å². The van der Waals surface area contributed by atoms with E-state index in [2.05, 4.69) is 6.92 Å². The molecule has 0 spiro atoms. The summed E-state index contributed by atoms with van der Waals surface area (Å²) in [6.45, 7) is 2.73. The van der Waals surface area contributed by atoms with Crippen molar-refractivity contribution in [1.82, 2.24) is 0 Å². The van der Waals surface area contributed by atoms with Crippen molar-refractivity contribution in [3.8, 4) is 0 Å². The van der Waals surface area contributed by atoms with E-state index in [1.165, 1.54) is 38.5 Å². The number of quaternary nitrogens is 1. The number of unbranched alkanes of at least 4 members (excludes halogenated alkanes) is 8. The second kappa shape index (κ2) is 15.4. The van der Waals surface area contributed by atoms with Gasteiger partial charge in [-0.05, 0) is 6.42 Å². The molecule has 0 saturated carbocycles. The van der Waals surface area contributed by atoms with E-state index in [4.69, 9.17) is 9.84 Å². The number of hydrogen-bond donors (Lipinski definition) is 1. The van der Waals surface area contributed by atoms with Gasteiger partial charge in [0.05, 0.1) is 27.6 Å². The van der Waals surface area contributed by atoms with E-state index in [-0.39, 0.29) is 24.8 Å². The number of nitrogens with zero attached hydrogens (tertiary/aromatic N) is 1. The Hall–Kier alpha value is -0.810. The summed E-state index contributed by atoms with van der Waals surface area (Å²) in [5.41, 5.74) is 0. The van der Waals surface area contributed by atoms with Crippen molar-refractivity contribution in [2.24, 2.45) is 0 Å². The van der Waals surface area contributed by atoms with Crippen molar-refractivity contribution in [2.45, 2.75) is 83.7 Å². The van der Waals surface area contributed by atoms with Gasteiger partial charge in [-0.2, -0.15) is 0 Å². The van der Waals surface area contributed by atoms with Gasteiger partial charge in [-0.1, -0.05) is 58.3 Å². The molecule has 0 aromatic carbocycles. The maximum absolute atomic E-state index is 11.9. The third-order valence-corrected chi connectivity index (χ3v) is 3.94. The number of aliphatic carboxylic acids is 1. The lowest BCUT2D eigenvalue weighted by Crippen LogP contribution is -2.43. The molecule has 0 unspecified atom stereocenters. The highest BCUT2D eigenvalue weighted by Crippen LogP contribution is 2.12. The lowest BCUT2D eigenvalue weighted by Gasteiger charge is -2.28. The highest BCUT2D eigenvalue weighted by Gasteiger charge is 2.24. The predicted molar refractivity (Wildman–Crippen MR) is 104 cm³/mol. The molecule has 0 aliphatic heterocycles. The molecule has 25 heavy (non-hydrogen) atoms. The van der Waals surface area contributed by atoms with E-state index < -0.39 is 12.1 Å². The number of carboxylic acid groups (broad SMARTS) is 1. The largest absolute Gasteiger partial charge is 0.481 e. The second-order valence-corrected chi connectivity index (χ2v) is 7.76. The molecular formula is C19H39ClNO4+. The smallest absolute Gasteiger partial charge is 0.307 e. The van der Waals surface area contributed by atoms with Crippen LogP contribution < -0.4 is 0 Å². The number of likely N-dealkylation sites (N-methyl/N-ethyl adjacent to an activating group) is 1. The maximum Gasteiger partial charge on any atom is 0.307 e. The Morgan fingerprint density at radius 2 is 1.40 bits per heavy atom. The fourth-order valence-electron chi connectivity index (χ4n) is 2.77. The van der Waals surface area contributed by atoms with E-state index in [1.54, 1.807) is 0 Å². The van der Waals surface area contributed by atoms with Gasteiger partial charge in [0.1, 0.15) is 6.54 Å². The summed E-state index contributed by atoms with van der Waals surface area (Å²) < 4.78 is 5.95. The number of halogens is 1. The fraction of sp³-hybridized carbons (Fsp3) is 0.895. The topological polar surface area (TPSA) is 63.6 Å². The average molecular weight is 381 g/mol. The Morgan fingerprint density at radius 3 is 1.84 bits per heavy atom. The first-order valence-electron chi connectivity index (χ1n) is 9.46. The first kappa shape index (κ1) is 26.4. The number of carbonyl (C=O) groups excluding carboxylic acids is 1. The quantitative estimate of drug-likeness (QED) is 0.259. The Morgan fingerprint density at radius 1 is 0.920 bits per heavy atom. The fourth-order valence-corrected chi connectivity index (χ4v) is 2.77. The van der Waals surface area contributed by atoms with Crippen LogP contribution in [0.4, 0.5) is 0 Å². The molecule has 0 aromatic heterocycles. The van der Waals surface area contributed by atoms with Crippen LogP contribution in [0.2, 0.25) is 0 Å². The van der Waals surface area contributed by atoms with Crippen LogP contribution in [0.3, 0.4) is 0 Å². The zero-order valence-corrected chi connectivity index (χ0v) is 17.4. The maximum atomic E-state index is 11.9. The van der Waals surface area contributed by atoms with E-state index >= 15 is 0 Å². The molecule has 0 amide bonds. The van der Waals surface area contributed by atoms with Crippen molar-refractivity contribution in [1.29, 1.82) is 0 Å². The van der Waals surface area contributed by atoms with Crippen LogP contribution in [-0.4, -0.2) is 55.3 Å². The molecule has 1 atom stereocenters. The van der Waals surface area contributed by atoms with Gasteiger partial charge in [0.15, 0.2) is 6.10 Å². The molecular weight excluding hydrogens is 342 g/mol. The Kier molecular flexibility index (Phi) is 16.3. The minimum atomic E-state index is -0.927. The summed E-state index contributed by atoms with van der Waals surface area (Å²) in [6, 6.07) is 0. The van der Waals surface area contributed by atoms with Crippen molar-refractivity contribution in [3.63, 3.8) is 0 Å². The first-order chi connectivity index (χ1) is 11.2. The SMILES string of the molecule is CCCCCCCCCCCC(=O)O[C@H](CC(=O)O)C[N+](C)(C)C.Cl. The van der Waals surface area contributed by atoms with Gasteiger partial charge in [0, 0.05) is 6.42 Å². The van der Waals surface area contributed by atoms with Gasteiger partial charge >= 0.3 is 11.9 Å². The number of carboxylic acids is 1. The summed E-state index contributed by atoms with van der Waals surface area (Å²) >= 11 is 0. The van der Waals surface area contributed by atoms with E-state index in [0.29, 0.717) is 17.4 Å². The average Bonchev–Trinajstić information content (AvgIpc) is 2.42. The van der Waals surface area contributed by atoms with Gasteiger partial charge in [-0.25, -0.2) is 0 Å². The molecule has 0 bridgehead atoms. The third kappa shape index (κ3) is 19.4. The lowest BCUT2D eigenvalue weighted by atomic mass is 10.1. The monoisotopic (exact) mass is 380 g/mol. The zero-order chi connectivity index (χ0) is 18.4. The highest BCUT2D eigenvalue weighted by atomic mass is 35.5. The third-order valence-electron chi connectivity index (χ3n) is 3.94. The molecule has 0 aromatic rings. The minimum absolute atomic E-state index is 0. The van der Waals surface area contributed by atoms with Crippen LogP contribution in [0.15, 0.2) is 0 Å². The zero-order valence-electron chi connectivity index (χ0n) is 16.6. The molecule has 0 saturated heterocycles. The summed E-state index contributed by atoms with van der Waals surface area (Å²) in [6.07, 6.45) is 10.5. The number of carbonyl (C=O) groups is 2. The molecule has 0 radical (unpaired) electrons. The second-order valence-electron chi connectivity index (χ2n) is 7.76. The summed E-state index contributed by atoms with van der Waals surface area (Å²) in [4.78, 5) is 22.8. The van der Waals surface area contributed by atoms with Gasteiger partial charge in [-0.3, -0.25) is 9.59 Å². The lowest BCUT2D eigenvalue weighted by molar-refractivity contribution is -0.873. The molecule has 6 heteroatoms. The van der Waals surface area contributed by atoms with Crippen molar-refractivity contribution in [2.75, 3.05) is 27.7 Å². The number of esters is 1. The van der Waals surface area contributed by atoms with Crippen LogP contribution in [0.1, 0.15) is 77.6 Å². The van der Waals surface area contributed by atoms with Crippen LogP contribution >= 0.6 is 12.4 Å². The van der Waals surface area contributed by atoms with Crippen LogP contribution in [0, 0.1) is 0 Å². The van der Waals surface area contributed by atoms with Gasteiger partial charge in [-0.15, -0.1) is 12.4 Å². The van der Waals surface area contributed by atoms with Crippen molar-refractivity contribution < 1.29 is 23.9 Å². The highest BCUT2D eigenvalue weighted by molar-refractivity contribution is 5.85. The molecule has 150 valence electrons. The van der Waals surface area contributed by atoms with Crippen molar-refractivity contribution >= 4 is 24.3 Å². The predicted octanol–water partition coefficient (Wildman–Crippen LogP) is 4.42. The number of rotatable bonds is 15. The van der Waals surface area contributed by atoms with Crippen molar-refractivity contribution in [3.05, 3.63) is 0 Å². The van der Waals surface area contributed by atoms with Crippen LogP contribution in [0.5, 0.6) is 0 Å². The Labute approximate surface area is 160 Å².